The summed E-state index contributed by atoms with van der Waals surface area (Å²) in [5.41, 5.74) is -1.33. The Morgan fingerprint density at radius 2 is 1.90 bits per heavy atom. The molecule has 11 nitrogen and oxygen atoms in total. The third-order valence-corrected chi connectivity index (χ3v) is 11.2. The van der Waals surface area contributed by atoms with Crippen LogP contribution in [0.2, 0.25) is 0 Å². The van der Waals surface area contributed by atoms with Crippen LogP contribution in [0.5, 0.6) is 0 Å². The summed E-state index contributed by atoms with van der Waals surface area (Å²) in [5.74, 6) is -0.824. The van der Waals surface area contributed by atoms with E-state index >= 15 is 0 Å². The topological polar surface area (TPSA) is 142 Å². The summed E-state index contributed by atoms with van der Waals surface area (Å²) < 4.78 is 23.8. The second-order valence-electron chi connectivity index (χ2n) is 15.3. The second kappa shape index (κ2) is 17.3. The molecule has 0 spiro atoms. The van der Waals surface area contributed by atoms with Crippen LogP contribution in [0.15, 0.2) is 36.0 Å². The summed E-state index contributed by atoms with van der Waals surface area (Å²) in [4.78, 5) is 30.6. The molecule has 3 heterocycles. The number of aliphatic hydroxyl groups excluding tert-OH is 2. The molecule has 0 aromatic rings. The zero-order chi connectivity index (χ0) is 35.9. The first kappa shape index (κ1) is 39.5. The summed E-state index contributed by atoms with van der Waals surface area (Å²) >= 11 is 0. The van der Waals surface area contributed by atoms with Gasteiger partial charge in [-0.3, -0.25) is 9.69 Å². The number of hydrogen-bond acceptors (Lipinski definition) is 10. The minimum Gasteiger partial charge on any atom is -0.457 e. The number of methoxy groups -OCH3 is 1. The van der Waals surface area contributed by atoms with E-state index in [1.807, 2.05) is 52.8 Å². The summed E-state index contributed by atoms with van der Waals surface area (Å²) in [6, 6.07) is 0.639. The van der Waals surface area contributed by atoms with Crippen molar-refractivity contribution in [3.63, 3.8) is 0 Å². The van der Waals surface area contributed by atoms with E-state index in [4.69, 9.17) is 18.9 Å². The van der Waals surface area contributed by atoms with Crippen LogP contribution in [0.1, 0.15) is 92.9 Å². The van der Waals surface area contributed by atoms with Crippen molar-refractivity contribution in [2.75, 3.05) is 33.3 Å². The van der Waals surface area contributed by atoms with Gasteiger partial charge in [-0.15, -0.1) is 0 Å². The van der Waals surface area contributed by atoms with E-state index in [1.165, 1.54) is 19.3 Å². The standard InChI is InChI=1S/C38H62N2O9/c1-8-30(42)27(4)35-31(47-35)24-37(5,45)17-10-11-25(2)34-26(3)14-15-32(38(6,46-7)18-16-29(41)23-33(43)49-34)48-36(44)40-21-19-39(20-22-40)28-12-9-13-28/h10-11,14-15,17,26-32,34-35,41-42,45H,8-9,12-13,16,18-24H2,1-7H3/b15-14-,17-10+,25-11+. The molecule has 10 atom stereocenters. The van der Waals surface area contributed by atoms with Crippen molar-refractivity contribution < 1.29 is 43.9 Å². The van der Waals surface area contributed by atoms with Gasteiger partial charge in [0, 0.05) is 57.6 Å². The highest BCUT2D eigenvalue weighted by molar-refractivity contribution is 5.70. The van der Waals surface area contributed by atoms with Gasteiger partial charge < -0.3 is 39.2 Å². The Morgan fingerprint density at radius 3 is 2.51 bits per heavy atom. The van der Waals surface area contributed by atoms with E-state index in [0.717, 1.165) is 18.7 Å². The van der Waals surface area contributed by atoms with Crippen molar-refractivity contribution in [2.45, 2.75) is 147 Å². The number of nitrogens with zero attached hydrogens (tertiary/aromatic N) is 2. The SMILES string of the molecule is CCC(O)C(C)C1OC1CC(C)(O)/C=C/C=C(\C)C1OC(=O)CC(O)CCC(C)(OC)C(OC(=O)N2CCN(C3CCC3)CC2)/C=C\C1C. The number of rotatable bonds is 11. The maximum atomic E-state index is 13.5. The summed E-state index contributed by atoms with van der Waals surface area (Å²) in [5, 5.41) is 32.0. The van der Waals surface area contributed by atoms with Gasteiger partial charge in [0.1, 0.15) is 11.7 Å². The van der Waals surface area contributed by atoms with Crippen LogP contribution in [0.3, 0.4) is 0 Å². The Bertz CT molecular complexity index is 1190. The molecule has 11 heteroatoms. The van der Waals surface area contributed by atoms with Gasteiger partial charge in [0.05, 0.1) is 36.4 Å². The average molecular weight is 691 g/mol. The van der Waals surface area contributed by atoms with Crippen LogP contribution in [0, 0.1) is 11.8 Å². The van der Waals surface area contributed by atoms with Crippen LogP contribution in [-0.4, -0.2) is 124 Å². The van der Waals surface area contributed by atoms with Crippen molar-refractivity contribution in [1.29, 1.82) is 0 Å². The van der Waals surface area contributed by atoms with Gasteiger partial charge in [-0.05, 0) is 64.5 Å². The minimum atomic E-state index is -1.14. The summed E-state index contributed by atoms with van der Waals surface area (Å²) in [6.07, 6.45) is 10.8. The Kier molecular flexibility index (Phi) is 13.9. The first-order valence-electron chi connectivity index (χ1n) is 18.4. The van der Waals surface area contributed by atoms with Crippen LogP contribution in [0.25, 0.3) is 0 Å². The molecule has 1 aliphatic carbocycles. The number of hydrogen-bond donors (Lipinski definition) is 3. The number of ether oxygens (including phenoxy) is 4. The lowest BCUT2D eigenvalue weighted by molar-refractivity contribution is -0.151. The van der Waals surface area contributed by atoms with Gasteiger partial charge in [0.25, 0.3) is 0 Å². The van der Waals surface area contributed by atoms with Gasteiger partial charge in [-0.1, -0.05) is 51.5 Å². The van der Waals surface area contributed by atoms with Crippen LogP contribution < -0.4 is 0 Å². The lowest BCUT2D eigenvalue weighted by atomic mass is 9.88. The molecule has 4 rings (SSSR count). The van der Waals surface area contributed by atoms with Crippen molar-refractivity contribution in [3.8, 4) is 0 Å². The van der Waals surface area contributed by atoms with Crippen LogP contribution in [-0.2, 0) is 23.7 Å². The van der Waals surface area contributed by atoms with Gasteiger partial charge >= 0.3 is 12.1 Å². The van der Waals surface area contributed by atoms with E-state index in [-0.39, 0.29) is 43.0 Å². The predicted octanol–water partition coefficient (Wildman–Crippen LogP) is 4.53. The highest BCUT2D eigenvalue weighted by Gasteiger charge is 2.47. The Labute approximate surface area is 293 Å². The molecule has 2 saturated heterocycles. The monoisotopic (exact) mass is 690 g/mol. The second-order valence-corrected chi connectivity index (χ2v) is 15.3. The van der Waals surface area contributed by atoms with Gasteiger partial charge in [-0.25, -0.2) is 4.79 Å². The fraction of sp³-hybridized carbons (Fsp3) is 0.789. The molecule has 1 saturated carbocycles. The number of allylic oxidation sites excluding steroid dienone is 2. The van der Waals surface area contributed by atoms with E-state index in [2.05, 4.69) is 4.90 Å². The normalized spacial score (nSPS) is 35.7. The fourth-order valence-corrected chi connectivity index (χ4v) is 7.21. The summed E-state index contributed by atoms with van der Waals surface area (Å²) in [7, 11) is 1.57. The van der Waals surface area contributed by atoms with E-state index in [9.17, 15) is 24.9 Å². The van der Waals surface area contributed by atoms with E-state index in [0.29, 0.717) is 38.4 Å². The molecule has 0 aromatic carbocycles. The highest BCUT2D eigenvalue weighted by Crippen LogP contribution is 2.38. The number of carbonyl (C=O) groups excluding carboxylic acids is 2. The zero-order valence-electron chi connectivity index (χ0n) is 30.8. The Morgan fingerprint density at radius 1 is 1.20 bits per heavy atom. The zero-order valence-corrected chi connectivity index (χ0v) is 30.8. The third kappa shape index (κ3) is 10.9. The van der Waals surface area contributed by atoms with Crippen molar-refractivity contribution >= 4 is 12.1 Å². The maximum Gasteiger partial charge on any atom is 0.410 e. The molecular weight excluding hydrogens is 628 g/mol. The van der Waals surface area contributed by atoms with Crippen LogP contribution >= 0.6 is 0 Å². The van der Waals surface area contributed by atoms with Crippen LogP contribution in [0.4, 0.5) is 4.79 Å². The molecule has 4 aliphatic rings. The quantitative estimate of drug-likeness (QED) is 0.123. The first-order chi connectivity index (χ1) is 23.2. The molecule has 3 fully saturated rings. The molecule has 0 aromatic heterocycles. The molecule has 0 radical (unpaired) electrons. The Hall–Kier alpha value is -2.28. The molecule has 3 N–H and O–H groups in total. The van der Waals surface area contributed by atoms with Crippen molar-refractivity contribution in [3.05, 3.63) is 36.0 Å². The van der Waals surface area contributed by atoms with Crippen molar-refractivity contribution in [2.24, 2.45) is 11.8 Å². The smallest absolute Gasteiger partial charge is 0.410 e. The number of esters is 1. The predicted molar refractivity (Wildman–Crippen MR) is 187 cm³/mol. The lowest BCUT2D eigenvalue weighted by Crippen LogP contribution is -2.54. The molecule has 3 aliphatic heterocycles. The molecule has 1 amide bonds. The third-order valence-electron chi connectivity index (χ3n) is 11.2. The molecule has 278 valence electrons. The van der Waals surface area contributed by atoms with E-state index in [1.54, 1.807) is 31.1 Å². The number of carbonyl (C=O) groups is 2. The molecule has 0 bridgehead atoms. The Balaban J connectivity index is 1.46. The largest absolute Gasteiger partial charge is 0.457 e. The van der Waals surface area contributed by atoms with E-state index < -0.39 is 41.6 Å². The lowest BCUT2D eigenvalue weighted by Gasteiger charge is -2.43. The summed E-state index contributed by atoms with van der Waals surface area (Å²) in [6.45, 7) is 14.2. The fourth-order valence-electron chi connectivity index (χ4n) is 7.21. The molecular formula is C38H62N2O9. The number of piperazine rings is 1. The minimum absolute atomic E-state index is 0.00188. The molecule has 10 unspecified atom stereocenters. The first-order valence-corrected chi connectivity index (χ1v) is 18.4. The van der Waals surface area contributed by atoms with Crippen molar-refractivity contribution in [1.82, 2.24) is 9.80 Å². The maximum absolute atomic E-state index is 13.5. The number of amides is 1. The van der Waals surface area contributed by atoms with Gasteiger partial charge in [0.2, 0.25) is 0 Å². The average Bonchev–Trinajstić information content (AvgIpc) is 3.80. The van der Waals surface area contributed by atoms with Gasteiger partial charge in [0.15, 0.2) is 6.10 Å². The highest BCUT2D eigenvalue weighted by atomic mass is 16.6. The number of aliphatic hydroxyl groups is 3. The van der Waals surface area contributed by atoms with Gasteiger partial charge in [-0.2, -0.15) is 0 Å². The number of epoxide rings is 1. The molecule has 49 heavy (non-hydrogen) atoms. The number of cyclic esters (lactones) is 1.